The molecule has 2 nitrogen and oxygen atoms in total. The summed E-state index contributed by atoms with van der Waals surface area (Å²) in [4.78, 5) is 0. The zero-order chi connectivity index (χ0) is 12.1. The summed E-state index contributed by atoms with van der Waals surface area (Å²) in [5, 5.41) is 0. The van der Waals surface area contributed by atoms with Crippen LogP contribution in [0.4, 0.5) is 0 Å². The molecule has 0 N–H and O–H groups in total. The molecule has 0 spiro atoms. The third-order valence-electron chi connectivity index (χ3n) is 3.95. The normalized spacial score (nSPS) is 29.9. The van der Waals surface area contributed by atoms with Crippen LogP contribution in [-0.2, 0) is 15.1 Å². The highest BCUT2D eigenvalue weighted by Crippen LogP contribution is 2.40. The molecule has 17 heavy (non-hydrogen) atoms. The number of methoxy groups -OCH3 is 2. The van der Waals surface area contributed by atoms with E-state index in [1.807, 2.05) is 13.2 Å². The van der Waals surface area contributed by atoms with Crippen molar-refractivity contribution in [1.29, 1.82) is 0 Å². The molecular formula is C15H22O2. The number of ether oxygens (including phenoxy) is 2. The highest BCUT2D eigenvalue weighted by molar-refractivity contribution is 5.24. The third kappa shape index (κ3) is 2.38. The molecule has 1 aromatic rings. The lowest BCUT2D eigenvalue weighted by molar-refractivity contribution is -0.127. The Morgan fingerprint density at radius 1 is 1.06 bits per heavy atom. The standard InChI is InChI=1S/C15H22O2/c1-16-14-11-7-4-8-12-15(14,17-2)13-9-5-3-6-10-13/h3,5-6,9-10,14H,4,7-8,11-12H2,1-2H3/t14-,15+/m1/s1. The third-order valence-corrected chi connectivity index (χ3v) is 3.95. The smallest absolute Gasteiger partial charge is 0.119 e. The fraction of sp³-hybridized carbons (Fsp3) is 0.600. The number of benzene rings is 1. The first-order valence-corrected chi connectivity index (χ1v) is 6.47. The van der Waals surface area contributed by atoms with Crippen molar-refractivity contribution in [3.8, 4) is 0 Å². The van der Waals surface area contributed by atoms with Gasteiger partial charge >= 0.3 is 0 Å². The lowest BCUT2D eigenvalue weighted by Gasteiger charge is -2.38. The summed E-state index contributed by atoms with van der Waals surface area (Å²) in [6.45, 7) is 0. The molecule has 1 aliphatic carbocycles. The van der Waals surface area contributed by atoms with Gasteiger partial charge in [-0.15, -0.1) is 0 Å². The second-order valence-corrected chi connectivity index (χ2v) is 4.78. The van der Waals surface area contributed by atoms with Crippen molar-refractivity contribution in [1.82, 2.24) is 0 Å². The summed E-state index contributed by atoms with van der Waals surface area (Å²) in [7, 11) is 3.61. The van der Waals surface area contributed by atoms with Crippen LogP contribution in [0.25, 0.3) is 0 Å². The zero-order valence-corrected chi connectivity index (χ0v) is 10.8. The van der Waals surface area contributed by atoms with Gasteiger partial charge in [-0.25, -0.2) is 0 Å². The Labute approximate surface area is 104 Å². The molecule has 2 atom stereocenters. The van der Waals surface area contributed by atoms with E-state index in [0.717, 1.165) is 12.8 Å². The Hall–Kier alpha value is -0.860. The Morgan fingerprint density at radius 3 is 2.47 bits per heavy atom. The van der Waals surface area contributed by atoms with Gasteiger partial charge in [0.05, 0.1) is 6.10 Å². The van der Waals surface area contributed by atoms with E-state index in [1.165, 1.54) is 24.8 Å². The molecular weight excluding hydrogens is 212 g/mol. The monoisotopic (exact) mass is 234 g/mol. The molecule has 94 valence electrons. The van der Waals surface area contributed by atoms with E-state index in [4.69, 9.17) is 9.47 Å². The van der Waals surface area contributed by atoms with E-state index in [1.54, 1.807) is 7.11 Å². The lowest BCUT2D eigenvalue weighted by Crippen LogP contribution is -2.41. The van der Waals surface area contributed by atoms with Gasteiger partial charge in [-0.05, 0) is 18.4 Å². The minimum atomic E-state index is -0.257. The Balaban J connectivity index is 2.38. The Morgan fingerprint density at radius 2 is 1.82 bits per heavy atom. The first-order valence-electron chi connectivity index (χ1n) is 6.47. The van der Waals surface area contributed by atoms with Crippen LogP contribution < -0.4 is 0 Å². The van der Waals surface area contributed by atoms with E-state index in [0.29, 0.717) is 0 Å². The highest BCUT2D eigenvalue weighted by Gasteiger charge is 2.41. The minimum absolute atomic E-state index is 0.164. The van der Waals surface area contributed by atoms with Crippen LogP contribution in [0.3, 0.4) is 0 Å². The van der Waals surface area contributed by atoms with Crippen molar-refractivity contribution in [2.45, 2.75) is 43.8 Å². The van der Waals surface area contributed by atoms with Gasteiger partial charge < -0.3 is 9.47 Å². The van der Waals surface area contributed by atoms with Crippen LogP contribution in [0, 0.1) is 0 Å². The fourth-order valence-corrected chi connectivity index (χ4v) is 3.00. The van der Waals surface area contributed by atoms with E-state index >= 15 is 0 Å². The summed E-state index contributed by atoms with van der Waals surface area (Å²) in [6, 6.07) is 10.5. The molecule has 0 bridgehead atoms. The minimum Gasteiger partial charge on any atom is -0.378 e. The van der Waals surface area contributed by atoms with E-state index in [9.17, 15) is 0 Å². The van der Waals surface area contributed by atoms with Crippen LogP contribution in [0.1, 0.15) is 37.7 Å². The molecule has 1 aliphatic rings. The molecule has 0 aliphatic heterocycles. The molecule has 0 heterocycles. The fourth-order valence-electron chi connectivity index (χ4n) is 3.00. The van der Waals surface area contributed by atoms with Crippen molar-refractivity contribution in [3.05, 3.63) is 35.9 Å². The van der Waals surface area contributed by atoms with Crippen molar-refractivity contribution >= 4 is 0 Å². The summed E-state index contributed by atoms with van der Waals surface area (Å²) in [5.74, 6) is 0. The second-order valence-electron chi connectivity index (χ2n) is 4.78. The van der Waals surface area contributed by atoms with E-state index < -0.39 is 0 Å². The molecule has 0 radical (unpaired) electrons. The summed E-state index contributed by atoms with van der Waals surface area (Å²) >= 11 is 0. The van der Waals surface area contributed by atoms with Gasteiger partial charge in [0.1, 0.15) is 5.60 Å². The average molecular weight is 234 g/mol. The van der Waals surface area contributed by atoms with Crippen LogP contribution >= 0.6 is 0 Å². The van der Waals surface area contributed by atoms with Crippen molar-refractivity contribution in [3.63, 3.8) is 0 Å². The van der Waals surface area contributed by atoms with Crippen LogP contribution in [-0.4, -0.2) is 20.3 Å². The van der Waals surface area contributed by atoms with Crippen LogP contribution in [0.2, 0.25) is 0 Å². The maximum Gasteiger partial charge on any atom is 0.119 e. The van der Waals surface area contributed by atoms with Crippen molar-refractivity contribution in [2.24, 2.45) is 0 Å². The molecule has 2 rings (SSSR count). The largest absolute Gasteiger partial charge is 0.378 e. The van der Waals surface area contributed by atoms with Gasteiger partial charge in [-0.1, -0.05) is 49.6 Å². The average Bonchev–Trinajstić information content (AvgIpc) is 2.62. The maximum atomic E-state index is 5.92. The van der Waals surface area contributed by atoms with Crippen LogP contribution in [0.5, 0.6) is 0 Å². The van der Waals surface area contributed by atoms with Gasteiger partial charge in [0.25, 0.3) is 0 Å². The van der Waals surface area contributed by atoms with E-state index in [2.05, 4.69) is 24.3 Å². The van der Waals surface area contributed by atoms with E-state index in [-0.39, 0.29) is 11.7 Å². The molecule has 0 saturated heterocycles. The van der Waals surface area contributed by atoms with Gasteiger partial charge in [0.2, 0.25) is 0 Å². The highest BCUT2D eigenvalue weighted by atomic mass is 16.5. The predicted molar refractivity (Wildman–Crippen MR) is 69.0 cm³/mol. The second kappa shape index (κ2) is 5.65. The van der Waals surface area contributed by atoms with Crippen molar-refractivity contribution < 1.29 is 9.47 Å². The molecule has 1 aromatic carbocycles. The quantitative estimate of drug-likeness (QED) is 0.745. The summed E-state index contributed by atoms with van der Waals surface area (Å²) in [6.07, 6.45) is 6.01. The summed E-state index contributed by atoms with van der Waals surface area (Å²) in [5.41, 5.74) is 0.989. The summed E-state index contributed by atoms with van der Waals surface area (Å²) < 4.78 is 11.6. The molecule has 1 fully saturated rings. The van der Waals surface area contributed by atoms with Gasteiger partial charge in [0.15, 0.2) is 0 Å². The predicted octanol–water partition coefficient (Wildman–Crippen LogP) is 3.51. The molecule has 0 amide bonds. The molecule has 1 saturated carbocycles. The molecule has 0 aromatic heterocycles. The number of hydrogen-bond donors (Lipinski definition) is 0. The maximum absolute atomic E-state index is 5.92. The Kier molecular flexibility index (Phi) is 4.19. The first-order chi connectivity index (χ1) is 8.33. The Bertz CT molecular complexity index is 336. The van der Waals surface area contributed by atoms with Crippen LogP contribution in [0.15, 0.2) is 30.3 Å². The van der Waals surface area contributed by atoms with Gasteiger partial charge in [-0.2, -0.15) is 0 Å². The first kappa shape index (κ1) is 12.6. The lowest BCUT2D eigenvalue weighted by atomic mass is 9.84. The van der Waals surface area contributed by atoms with Crippen molar-refractivity contribution in [2.75, 3.05) is 14.2 Å². The van der Waals surface area contributed by atoms with Gasteiger partial charge in [-0.3, -0.25) is 0 Å². The topological polar surface area (TPSA) is 18.5 Å². The molecule has 0 unspecified atom stereocenters. The number of hydrogen-bond acceptors (Lipinski definition) is 2. The van der Waals surface area contributed by atoms with Gasteiger partial charge in [0, 0.05) is 14.2 Å². The molecule has 2 heteroatoms. The number of rotatable bonds is 3. The SMILES string of the molecule is CO[C@@H]1CCCCC[C@]1(OC)c1ccccc1. The zero-order valence-electron chi connectivity index (χ0n) is 10.8.